The molecule has 0 radical (unpaired) electrons. The lowest BCUT2D eigenvalue weighted by molar-refractivity contribution is 0.0937. The zero-order chi connectivity index (χ0) is 14.7. The maximum absolute atomic E-state index is 12.2. The lowest BCUT2D eigenvalue weighted by atomic mass is 10.1. The minimum Gasteiger partial charge on any atom is -0.348 e. The fourth-order valence-corrected chi connectivity index (χ4v) is 2.80. The summed E-state index contributed by atoms with van der Waals surface area (Å²) in [5.41, 5.74) is 6.92. The largest absolute Gasteiger partial charge is 0.348 e. The van der Waals surface area contributed by atoms with Crippen molar-refractivity contribution < 1.29 is 4.79 Å². The van der Waals surface area contributed by atoms with Gasteiger partial charge >= 0.3 is 0 Å². The molecule has 3 N–H and O–H groups in total. The van der Waals surface area contributed by atoms with Crippen molar-refractivity contribution in [2.24, 2.45) is 5.73 Å². The minimum absolute atomic E-state index is 0.0102. The topological polar surface area (TPSA) is 58.4 Å². The van der Waals surface area contributed by atoms with Crippen LogP contribution >= 0.6 is 0 Å². The van der Waals surface area contributed by atoms with E-state index < -0.39 is 0 Å². The Bertz CT molecular complexity index is 566. The van der Waals surface area contributed by atoms with Gasteiger partial charge in [-0.2, -0.15) is 0 Å². The zero-order valence-electron chi connectivity index (χ0n) is 12.1. The second-order valence-corrected chi connectivity index (χ2v) is 5.77. The Kier molecular flexibility index (Phi) is 4.23. The van der Waals surface area contributed by atoms with Crippen LogP contribution < -0.4 is 11.1 Å². The fraction of sp³-hybridized carbons (Fsp3) is 0.471. The van der Waals surface area contributed by atoms with Crippen LogP contribution in [0, 0.1) is 11.8 Å². The monoisotopic (exact) mass is 283 g/mol. The molecule has 1 aliphatic heterocycles. The Hall–Kier alpha value is -1.83. The summed E-state index contributed by atoms with van der Waals surface area (Å²) in [5, 5.41) is 3.13. The predicted molar refractivity (Wildman–Crippen MR) is 82.8 cm³/mol. The lowest BCUT2D eigenvalue weighted by Crippen LogP contribution is -2.37. The number of carbonyl (C=O) groups excluding carboxylic acids is 1. The second-order valence-electron chi connectivity index (χ2n) is 5.77. The van der Waals surface area contributed by atoms with Gasteiger partial charge < -0.3 is 11.1 Å². The first-order chi connectivity index (χ1) is 10.3. The molecule has 1 saturated carbocycles. The molecule has 4 nitrogen and oxygen atoms in total. The van der Waals surface area contributed by atoms with Crippen LogP contribution in [0.15, 0.2) is 24.3 Å². The van der Waals surface area contributed by atoms with Crippen molar-refractivity contribution in [3.8, 4) is 11.8 Å². The van der Waals surface area contributed by atoms with Crippen LogP contribution in [0.5, 0.6) is 0 Å². The highest BCUT2D eigenvalue weighted by atomic mass is 16.1. The lowest BCUT2D eigenvalue weighted by Gasteiger charge is -2.15. The van der Waals surface area contributed by atoms with Crippen molar-refractivity contribution in [3.05, 3.63) is 35.4 Å². The van der Waals surface area contributed by atoms with E-state index in [0.717, 1.165) is 31.1 Å². The van der Waals surface area contributed by atoms with Gasteiger partial charge in [-0.15, -0.1) is 0 Å². The molecular formula is C17H21N3O. The minimum atomic E-state index is 0.0102. The predicted octanol–water partition coefficient (Wildman–Crippen LogP) is 0.963. The molecule has 1 unspecified atom stereocenters. The number of likely N-dealkylation sites (tertiary alicyclic amines) is 1. The molecule has 1 amide bonds. The summed E-state index contributed by atoms with van der Waals surface area (Å²) in [5.74, 6) is 5.77. The first-order valence-electron chi connectivity index (χ1n) is 7.60. The van der Waals surface area contributed by atoms with Crippen LogP contribution in [-0.4, -0.2) is 42.5 Å². The van der Waals surface area contributed by atoms with E-state index >= 15 is 0 Å². The first-order valence-corrected chi connectivity index (χ1v) is 7.60. The molecule has 1 heterocycles. The highest BCUT2D eigenvalue weighted by molar-refractivity contribution is 5.94. The van der Waals surface area contributed by atoms with Crippen LogP contribution in [0.1, 0.15) is 35.2 Å². The summed E-state index contributed by atoms with van der Waals surface area (Å²) in [6.45, 7) is 2.46. The molecule has 0 aromatic heterocycles. The van der Waals surface area contributed by atoms with Crippen LogP contribution in [0.3, 0.4) is 0 Å². The van der Waals surface area contributed by atoms with Crippen LogP contribution in [0.25, 0.3) is 0 Å². The number of nitrogens with two attached hydrogens (primary N) is 1. The van der Waals surface area contributed by atoms with Gasteiger partial charge in [-0.3, -0.25) is 9.69 Å². The number of rotatable bonds is 3. The highest BCUT2D eigenvalue weighted by Crippen LogP contribution is 2.29. The number of carbonyl (C=O) groups is 1. The first kappa shape index (κ1) is 14.1. The molecule has 1 saturated heterocycles. The number of amides is 1. The van der Waals surface area contributed by atoms with Gasteiger partial charge in [-0.05, 0) is 43.5 Å². The van der Waals surface area contributed by atoms with E-state index in [1.54, 1.807) is 0 Å². The quantitative estimate of drug-likeness (QED) is 0.813. The normalized spacial score (nSPS) is 21.7. The number of hydrogen-bond donors (Lipinski definition) is 2. The summed E-state index contributed by atoms with van der Waals surface area (Å²) in [6.07, 6.45) is 3.71. The Morgan fingerprint density at radius 3 is 2.71 bits per heavy atom. The number of nitrogens with one attached hydrogen (secondary N) is 1. The Morgan fingerprint density at radius 1 is 1.29 bits per heavy atom. The van der Waals surface area contributed by atoms with E-state index in [0.29, 0.717) is 12.1 Å². The van der Waals surface area contributed by atoms with E-state index in [-0.39, 0.29) is 11.9 Å². The van der Waals surface area contributed by atoms with Crippen molar-refractivity contribution in [1.29, 1.82) is 0 Å². The molecule has 4 heteroatoms. The Morgan fingerprint density at radius 2 is 2.05 bits per heavy atom. The summed E-state index contributed by atoms with van der Waals surface area (Å²) in [6, 6.07) is 8.44. The van der Waals surface area contributed by atoms with E-state index in [1.165, 1.54) is 12.8 Å². The third kappa shape index (κ3) is 3.63. The number of nitrogens with zero attached hydrogens (tertiary/aromatic N) is 1. The molecule has 21 heavy (non-hydrogen) atoms. The van der Waals surface area contributed by atoms with Gasteiger partial charge in [0.05, 0.1) is 6.54 Å². The summed E-state index contributed by atoms with van der Waals surface area (Å²) in [7, 11) is 0. The van der Waals surface area contributed by atoms with E-state index in [2.05, 4.69) is 22.1 Å². The molecule has 3 rings (SSSR count). The average molecular weight is 283 g/mol. The van der Waals surface area contributed by atoms with Gasteiger partial charge in [-0.25, -0.2) is 0 Å². The van der Waals surface area contributed by atoms with Crippen LogP contribution in [0.2, 0.25) is 0 Å². The van der Waals surface area contributed by atoms with Gasteiger partial charge in [0.2, 0.25) is 0 Å². The Labute approximate surface area is 125 Å². The van der Waals surface area contributed by atoms with E-state index in [4.69, 9.17) is 5.73 Å². The molecule has 1 atom stereocenters. The summed E-state index contributed by atoms with van der Waals surface area (Å²) < 4.78 is 0. The second kappa shape index (κ2) is 6.30. The summed E-state index contributed by atoms with van der Waals surface area (Å²) in [4.78, 5) is 14.7. The third-order valence-electron chi connectivity index (χ3n) is 4.10. The van der Waals surface area contributed by atoms with Crippen LogP contribution in [-0.2, 0) is 0 Å². The molecule has 2 aliphatic rings. The average Bonchev–Trinajstić information content (AvgIpc) is 3.26. The molecule has 1 aliphatic carbocycles. The van der Waals surface area contributed by atoms with Crippen molar-refractivity contribution in [2.45, 2.75) is 31.3 Å². The molecule has 1 aromatic carbocycles. The van der Waals surface area contributed by atoms with Gasteiger partial charge in [0.15, 0.2) is 0 Å². The maximum atomic E-state index is 12.2. The number of hydrogen-bond acceptors (Lipinski definition) is 3. The molecular weight excluding hydrogens is 262 g/mol. The fourth-order valence-electron chi connectivity index (χ4n) is 2.80. The zero-order valence-corrected chi connectivity index (χ0v) is 12.1. The van der Waals surface area contributed by atoms with Crippen molar-refractivity contribution in [1.82, 2.24) is 10.2 Å². The molecule has 2 fully saturated rings. The van der Waals surface area contributed by atoms with Gasteiger partial charge in [0, 0.05) is 36.3 Å². The third-order valence-corrected chi connectivity index (χ3v) is 4.10. The smallest absolute Gasteiger partial charge is 0.251 e. The van der Waals surface area contributed by atoms with Gasteiger partial charge in [-0.1, -0.05) is 11.8 Å². The number of benzene rings is 1. The standard InChI is InChI=1S/C17H21N3O/c18-10-1-2-13-3-5-14(6-4-13)17(21)19-15-9-11-20(12-15)16-7-8-16/h3-6,15-16H,7-12,18H2,(H,19,21). The molecule has 110 valence electrons. The van der Waals surface area contributed by atoms with Crippen molar-refractivity contribution in [3.63, 3.8) is 0 Å². The SMILES string of the molecule is NCC#Cc1ccc(C(=O)NC2CCN(C3CC3)C2)cc1. The van der Waals surface area contributed by atoms with Gasteiger partial charge in [0.25, 0.3) is 5.91 Å². The maximum Gasteiger partial charge on any atom is 0.251 e. The van der Waals surface area contributed by atoms with E-state index in [9.17, 15) is 4.79 Å². The van der Waals surface area contributed by atoms with Crippen molar-refractivity contribution in [2.75, 3.05) is 19.6 Å². The molecule has 1 aromatic rings. The molecule has 0 bridgehead atoms. The molecule has 0 spiro atoms. The highest BCUT2D eigenvalue weighted by Gasteiger charge is 2.34. The van der Waals surface area contributed by atoms with Gasteiger partial charge in [0.1, 0.15) is 0 Å². The summed E-state index contributed by atoms with van der Waals surface area (Å²) >= 11 is 0. The Balaban J connectivity index is 1.55. The van der Waals surface area contributed by atoms with Crippen molar-refractivity contribution >= 4 is 5.91 Å². The van der Waals surface area contributed by atoms with Crippen LogP contribution in [0.4, 0.5) is 0 Å². The van der Waals surface area contributed by atoms with E-state index in [1.807, 2.05) is 24.3 Å².